The van der Waals surface area contributed by atoms with Gasteiger partial charge in [0, 0.05) is 23.6 Å². The number of aryl methyl sites for hydroxylation is 1. The summed E-state index contributed by atoms with van der Waals surface area (Å²) in [5.74, 6) is 0.979. The van der Waals surface area contributed by atoms with E-state index in [0.29, 0.717) is 0 Å². The molecular weight excluding hydrogens is 510 g/mol. The smallest absolute Gasteiger partial charge is 0.111 e. The molecule has 2 aromatic heterocycles. The third-order valence-electron chi connectivity index (χ3n) is 8.20. The maximum atomic E-state index is 4.82. The first-order valence-electron chi connectivity index (χ1n) is 14.3. The highest BCUT2D eigenvalue weighted by Crippen LogP contribution is 2.44. The number of hydrogen-bond acceptors (Lipinski definition) is 2. The fourth-order valence-corrected chi connectivity index (χ4v) is 6.41. The molecule has 0 fully saturated rings. The minimum Gasteiger partial charge on any atom is -0.297 e. The average Bonchev–Trinajstić information content (AvgIpc) is 3.39. The van der Waals surface area contributed by atoms with Crippen molar-refractivity contribution < 1.29 is 0 Å². The Bertz CT molecular complexity index is 2200. The van der Waals surface area contributed by atoms with E-state index >= 15 is 0 Å². The first-order valence-corrected chi connectivity index (χ1v) is 14.3. The number of pyridine rings is 1. The van der Waals surface area contributed by atoms with Gasteiger partial charge in [0.25, 0.3) is 0 Å². The number of rotatable bonds is 4. The summed E-state index contributed by atoms with van der Waals surface area (Å²) < 4.78 is 2.25. The Labute approximate surface area is 244 Å². The molecule has 8 aromatic rings. The molecule has 0 amide bonds. The van der Waals surface area contributed by atoms with Crippen LogP contribution in [-0.2, 0) is 0 Å². The van der Waals surface area contributed by atoms with E-state index in [1.807, 2.05) is 24.5 Å². The summed E-state index contributed by atoms with van der Waals surface area (Å²) >= 11 is 0. The number of imidazole rings is 1. The zero-order valence-corrected chi connectivity index (χ0v) is 23.2. The number of fused-ring (bicyclic) bond motifs is 3. The highest BCUT2D eigenvalue weighted by molar-refractivity contribution is 6.21. The summed E-state index contributed by atoms with van der Waals surface area (Å²) in [4.78, 5) is 9.18. The Morgan fingerprint density at radius 2 is 1.07 bits per heavy atom. The summed E-state index contributed by atoms with van der Waals surface area (Å²) in [6.07, 6.45) is 3.75. The lowest BCUT2D eigenvalue weighted by Gasteiger charge is -2.19. The molecule has 0 bridgehead atoms. The number of para-hydroxylation sites is 2. The van der Waals surface area contributed by atoms with E-state index < -0.39 is 0 Å². The quantitative estimate of drug-likeness (QED) is 0.209. The number of benzene rings is 6. The van der Waals surface area contributed by atoms with Gasteiger partial charge in [-0.25, -0.2) is 4.98 Å². The topological polar surface area (TPSA) is 30.7 Å². The molecule has 8 rings (SSSR count). The zero-order chi connectivity index (χ0) is 28.0. The Balaban J connectivity index is 1.39. The van der Waals surface area contributed by atoms with Gasteiger partial charge in [-0.1, -0.05) is 97.1 Å². The highest BCUT2D eigenvalue weighted by Gasteiger charge is 2.18. The van der Waals surface area contributed by atoms with E-state index in [2.05, 4.69) is 138 Å². The molecule has 0 aliphatic rings. The Kier molecular flexibility index (Phi) is 5.68. The van der Waals surface area contributed by atoms with E-state index in [1.165, 1.54) is 43.8 Å². The van der Waals surface area contributed by atoms with Gasteiger partial charge in [-0.2, -0.15) is 0 Å². The number of aromatic nitrogens is 3. The Morgan fingerprint density at radius 3 is 1.74 bits per heavy atom. The van der Waals surface area contributed by atoms with Gasteiger partial charge in [0.15, 0.2) is 0 Å². The van der Waals surface area contributed by atoms with Gasteiger partial charge in [-0.05, 0) is 92.7 Å². The van der Waals surface area contributed by atoms with Crippen molar-refractivity contribution in [2.45, 2.75) is 6.92 Å². The van der Waals surface area contributed by atoms with Crippen LogP contribution >= 0.6 is 0 Å². The number of nitrogens with zero attached hydrogens (tertiary/aromatic N) is 3. The lowest BCUT2D eigenvalue weighted by Crippen LogP contribution is -1.97. The van der Waals surface area contributed by atoms with Crippen LogP contribution in [0.25, 0.3) is 71.6 Å². The van der Waals surface area contributed by atoms with Crippen LogP contribution in [0.4, 0.5) is 0 Å². The van der Waals surface area contributed by atoms with Crippen molar-refractivity contribution in [2.75, 3.05) is 0 Å². The van der Waals surface area contributed by atoms with E-state index in [-0.39, 0.29) is 0 Å². The molecule has 42 heavy (non-hydrogen) atoms. The van der Waals surface area contributed by atoms with Gasteiger partial charge >= 0.3 is 0 Å². The minimum absolute atomic E-state index is 0.979. The van der Waals surface area contributed by atoms with Gasteiger partial charge in [-0.15, -0.1) is 0 Å². The van der Waals surface area contributed by atoms with Crippen LogP contribution in [0.2, 0.25) is 0 Å². The van der Waals surface area contributed by atoms with Gasteiger partial charge < -0.3 is 0 Å². The molecule has 0 aliphatic heterocycles. The second-order valence-electron chi connectivity index (χ2n) is 10.7. The van der Waals surface area contributed by atoms with Crippen molar-refractivity contribution in [3.05, 3.63) is 152 Å². The molecule has 198 valence electrons. The third-order valence-corrected chi connectivity index (χ3v) is 8.20. The van der Waals surface area contributed by atoms with E-state index in [4.69, 9.17) is 4.98 Å². The minimum atomic E-state index is 0.979. The van der Waals surface area contributed by atoms with E-state index in [9.17, 15) is 0 Å². The van der Waals surface area contributed by atoms with Gasteiger partial charge in [-0.3, -0.25) is 9.55 Å². The Morgan fingerprint density at radius 1 is 0.500 bits per heavy atom. The first-order chi connectivity index (χ1) is 20.8. The van der Waals surface area contributed by atoms with Crippen LogP contribution in [0.1, 0.15) is 5.82 Å². The van der Waals surface area contributed by atoms with Crippen LogP contribution in [0.15, 0.2) is 146 Å². The van der Waals surface area contributed by atoms with Crippen LogP contribution in [0.3, 0.4) is 0 Å². The monoisotopic (exact) mass is 537 g/mol. The molecular formula is C39H27N3. The number of hydrogen-bond donors (Lipinski definition) is 0. The van der Waals surface area contributed by atoms with Crippen molar-refractivity contribution in [1.82, 2.24) is 14.5 Å². The third kappa shape index (κ3) is 3.90. The molecule has 6 aromatic carbocycles. The van der Waals surface area contributed by atoms with Crippen molar-refractivity contribution in [3.63, 3.8) is 0 Å². The van der Waals surface area contributed by atoms with Crippen molar-refractivity contribution in [3.8, 4) is 39.1 Å². The van der Waals surface area contributed by atoms with E-state index in [0.717, 1.165) is 33.7 Å². The molecule has 0 N–H and O–H groups in total. The molecule has 3 nitrogen and oxygen atoms in total. The highest BCUT2D eigenvalue weighted by atomic mass is 15.1. The molecule has 0 saturated heterocycles. The summed E-state index contributed by atoms with van der Waals surface area (Å²) in [6.45, 7) is 2.08. The second kappa shape index (κ2) is 9.83. The van der Waals surface area contributed by atoms with Gasteiger partial charge in [0.2, 0.25) is 0 Å². The predicted molar refractivity (Wildman–Crippen MR) is 175 cm³/mol. The maximum Gasteiger partial charge on any atom is 0.111 e. The molecule has 0 radical (unpaired) electrons. The van der Waals surface area contributed by atoms with Crippen molar-refractivity contribution >= 4 is 32.6 Å². The molecule has 0 aliphatic carbocycles. The largest absolute Gasteiger partial charge is 0.297 e. The normalized spacial score (nSPS) is 11.5. The first kappa shape index (κ1) is 24.3. The summed E-state index contributed by atoms with van der Waals surface area (Å²) in [7, 11) is 0. The Hall–Kier alpha value is -5.54. The van der Waals surface area contributed by atoms with Gasteiger partial charge in [0.1, 0.15) is 5.82 Å². The molecule has 0 saturated carbocycles. The molecule has 0 atom stereocenters. The molecule has 0 unspecified atom stereocenters. The van der Waals surface area contributed by atoms with Crippen LogP contribution < -0.4 is 0 Å². The van der Waals surface area contributed by atoms with Crippen LogP contribution in [0.5, 0.6) is 0 Å². The van der Waals surface area contributed by atoms with Gasteiger partial charge in [0.05, 0.1) is 11.0 Å². The fraction of sp³-hybridized carbons (Fsp3) is 0.0256. The average molecular weight is 538 g/mol. The fourth-order valence-electron chi connectivity index (χ4n) is 6.41. The van der Waals surface area contributed by atoms with Crippen molar-refractivity contribution in [1.29, 1.82) is 0 Å². The lowest BCUT2D eigenvalue weighted by atomic mass is 9.85. The van der Waals surface area contributed by atoms with E-state index in [1.54, 1.807) is 0 Å². The summed E-state index contributed by atoms with van der Waals surface area (Å²) in [5.41, 5.74) is 10.4. The molecule has 2 heterocycles. The van der Waals surface area contributed by atoms with Crippen LogP contribution in [0, 0.1) is 6.92 Å². The second-order valence-corrected chi connectivity index (χ2v) is 10.7. The van der Waals surface area contributed by atoms with Crippen LogP contribution in [-0.4, -0.2) is 14.5 Å². The standard InChI is InChI=1S/C39H27N3/c1-26-41-36-20-6-7-21-37(36)42(26)31-15-9-13-29(24-31)39-34-18-4-2-16-32(34)38(33-17-3-5-19-35(33)39)28-12-8-11-27(23-28)30-14-10-22-40-25-30/h2-25H,1H3. The summed E-state index contributed by atoms with van der Waals surface area (Å²) in [6, 6.07) is 47.8. The predicted octanol–water partition coefficient (Wildman–Crippen LogP) is 10.0. The molecule has 3 heteroatoms. The lowest BCUT2D eigenvalue weighted by molar-refractivity contribution is 1.00. The molecule has 0 spiro atoms. The summed E-state index contributed by atoms with van der Waals surface area (Å²) in [5, 5.41) is 4.96. The maximum absolute atomic E-state index is 4.82. The SMILES string of the molecule is Cc1nc2ccccc2n1-c1cccc(-c2c3ccccc3c(-c3cccc(-c4cccnc4)c3)c3ccccc23)c1. The van der Waals surface area contributed by atoms with Crippen molar-refractivity contribution in [2.24, 2.45) is 0 Å². The zero-order valence-electron chi connectivity index (χ0n) is 23.2.